The molecule has 0 aliphatic rings. The average Bonchev–Trinajstić information content (AvgIpc) is 2.18. The van der Waals surface area contributed by atoms with E-state index in [-0.39, 0.29) is 5.82 Å². The lowest BCUT2D eigenvalue weighted by molar-refractivity contribution is 0.618. The van der Waals surface area contributed by atoms with Crippen molar-refractivity contribution in [2.24, 2.45) is 0 Å². The van der Waals surface area contributed by atoms with E-state index >= 15 is 0 Å². The highest BCUT2D eigenvalue weighted by atomic mass is 79.9. The molecule has 0 saturated heterocycles. The summed E-state index contributed by atoms with van der Waals surface area (Å²) in [6.45, 7) is 1.49. The second kappa shape index (κ2) is 5.79. The van der Waals surface area contributed by atoms with Gasteiger partial charge in [0.2, 0.25) is 0 Å². The molecule has 1 nitrogen and oxygen atoms in total. The summed E-state index contributed by atoms with van der Waals surface area (Å²) in [7, 11) is 0. The van der Waals surface area contributed by atoms with Crippen molar-refractivity contribution in [1.82, 2.24) is 5.32 Å². The Labute approximate surface area is 91.8 Å². The Morgan fingerprint density at radius 3 is 2.93 bits per heavy atom. The number of nitrogens with one attached hydrogen (secondary N) is 1. The molecule has 0 fully saturated rings. The van der Waals surface area contributed by atoms with Gasteiger partial charge in [0.1, 0.15) is 5.82 Å². The van der Waals surface area contributed by atoms with Crippen LogP contribution in [0.2, 0.25) is 0 Å². The summed E-state index contributed by atoms with van der Waals surface area (Å²) in [5, 5.41) is 3.16. The normalized spacial score (nSPS) is 9.79. The van der Waals surface area contributed by atoms with Crippen LogP contribution >= 0.6 is 15.9 Å². The zero-order valence-corrected chi connectivity index (χ0v) is 9.27. The maximum atomic E-state index is 12.8. The van der Waals surface area contributed by atoms with E-state index in [9.17, 15) is 4.39 Å². The van der Waals surface area contributed by atoms with Crippen LogP contribution in [-0.2, 0) is 6.54 Å². The van der Waals surface area contributed by atoms with Crippen molar-refractivity contribution in [3.05, 3.63) is 34.1 Å². The molecule has 74 valence electrons. The Morgan fingerprint density at radius 2 is 2.29 bits per heavy atom. The molecule has 3 heteroatoms. The zero-order valence-electron chi connectivity index (χ0n) is 7.69. The predicted octanol–water partition coefficient (Wildman–Crippen LogP) is 2.70. The molecule has 0 aliphatic heterocycles. The van der Waals surface area contributed by atoms with E-state index < -0.39 is 0 Å². The highest BCUT2D eigenvalue weighted by molar-refractivity contribution is 9.10. The van der Waals surface area contributed by atoms with Gasteiger partial charge in [0.25, 0.3) is 0 Å². The second-order valence-electron chi connectivity index (χ2n) is 2.88. The quantitative estimate of drug-likeness (QED) is 0.645. The van der Waals surface area contributed by atoms with Crippen molar-refractivity contribution in [1.29, 1.82) is 0 Å². The molecule has 0 radical (unpaired) electrons. The fourth-order valence-corrected chi connectivity index (χ4v) is 1.47. The number of halogens is 2. The predicted molar refractivity (Wildman–Crippen MR) is 59.3 cm³/mol. The highest BCUT2D eigenvalue weighted by Gasteiger charge is 1.99. The Balaban J connectivity index is 2.44. The minimum atomic E-state index is -0.239. The molecule has 0 bridgehead atoms. The van der Waals surface area contributed by atoms with Crippen molar-refractivity contribution < 1.29 is 4.39 Å². The van der Waals surface area contributed by atoms with Crippen molar-refractivity contribution in [2.75, 3.05) is 6.54 Å². The van der Waals surface area contributed by atoms with Gasteiger partial charge in [0.15, 0.2) is 0 Å². The van der Waals surface area contributed by atoms with E-state index in [4.69, 9.17) is 6.42 Å². The minimum absolute atomic E-state index is 0.239. The standard InChI is InChI=1S/C11H11BrFN/c1-2-3-6-14-8-9-4-5-11(13)10(12)7-9/h1,4-5,7,14H,3,6,8H2. The zero-order chi connectivity index (χ0) is 10.4. The van der Waals surface area contributed by atoms with E-state index in [2.05, 4.69) is 27.2 Å². The molecule has 0 atom stereocenters. The van der Waals surface area contributed by atoms with E-state index in [1.165, 1.54) is 6.07 Å². The Morgan fingerprint density at radius 1 is 1.50 bits per heavy atom. The maximum absolute atomic E-state index is 12.8. The first-order valence-electron chi connectivity index (χ1n) is 4.32. The molecular weight excluding hydrogens is 245 g/mol. The molecule has 0 heterocycles. The number of hydrogen-bond donors (Lipinski definition) is 1. The highest BCUT2D eigenvalue weighted by Crippen LogP contribution is 2.16. The summed E-state index contributed by atoms with van der Waals surface area (Å²) in [5.41, 5.74) is 1.04. The third-order valence-electron chi connectivity index (χ3n) is 1.76. The first kappa shape index (κ1) is 11.2. The fourth-order valence-electron chi connectivity index (χ4n) is 1.04. The van der Waals surface area contributed by atoms with Gasteiger partial charge in [0, 0.05) is 19.5 Å². The summed E-state index contributed by atoms with van der Waals surface area (Å²) in [4.78, 5) is 0. The topological polar surface area (TPSA) is 12.0 Å². The molecule has 1 N–H and O–H groups in total. The SMILES string of the molecule is C#CCCNCc1ccc(F)c(Br)c1. The first-order valence-corrected chi connectivity index (χ1v) is 5.11. The molecule has 1 rings (SSSR count). The van der Waals surface area contributed by atoms with Crippen molar-refractivity contribution in [3.63, 3.8) is 0 Å². The van der Waals surface area contributed by atoms with Crippen LogP contribution in [0.25, 0.3) is 0 Å². The molecule has 0 unspecified atom stereocenters. The Hall–Kier alpha value is -0.850. The molecule has 0 saturated carbocycles. The van der Waals surface area contributed by atoms with Gasteiger partial charge in [-0.2, -0.15) is 0 Å². The molecule has 0 aliphatic carbocycles. The summed E-state index contributed by atoms with van der Waals surface area (Å²) < 4.78 is 13.3. The van der Waals surface area contributed by atoms with Gasteiger partial charge in [-0.15, -0.1) is 12.3 Å². The van der Waals surface area contributed by atoms with Crippen LogP contribution in [0.4, 0.5) is 4.39 Å². The summed E-state index contributed by atoms with van der Waals surface area (Å²) in [6.07, 6.45) is 5.82. The van der Waals surface area contributed by atoms with Crippen LogP contribution in [0.15, 0.2) is 22.7 Å². The fraction of sp³-hybridized carbons (Fsp3) is 0.273. The number of terminal acetylenes is 1. The first-order chi connectivity index (χ1) is 6.74. The van der Waals surface area contributed by atoms with Gasteiger partial charge >= 0.3 is 0 Å². The summed E-state index contributed by atoms with van der Waals surface area (Å²) in [5.74, 6) is 2.30. The summed E-state index contributed by atoms with van der Waals surface area (Å²) >= 11 is 3.13. The van der Waals surface area contributed by atoms with Gasteiger partial charge in [-0.3, -0.25) is 0 Å². The lowest BCUT2D eigenvalue weighted by Crippen LogP contribution is -2.14. The van der Waals surface area contributed by atoms with Crippen molar-refractivity contribution in [3.8, 4) is 12.3 Å². The summed E-state index contributed by atoms with van der Waals surface area (Å²) in [6, 6.07) is 4.96. The van der Waals surface area contributed by atoms with Crippen LogP contribution in [-0.4, -0.2) is 6.54 Å². The largest absolute Gasteiger partial charge is 0.312 e. The molecule has 1 aromatic carbocycles. The van der Waals surface area contributed by atoms with Gasteiger partial charge < -0.3 is 5.32 Å². The van der Waals surface area contributed by atoms with Crippen LogP contribution in [0, 0.1) is 18.2 Å². The smallest absolute Gasteiger partial charge is 0.137 e. The van der Waals surface area contributed by atoms with Crippen LogP contribution in [0.3, 0.4) is 0 Å². The molecule has 0 amide bonds. The number of rotatable bonds is 4. The van der Waals surface area contributed by atoms with E-state index in [1.807, 2.05) is 0 Å². The third-order valence-corrected chi connectivity index (χ3v) is 2.37. The van der Waals surface area contributed by atoms with Crippen molar-refractivity contribution in [2.45, 2.75) is 13.0 Å². The minimum Gasteiger partial charge on any atom is -0.312 e. The number of benzene rings is 1. The molecule has 0 spiro atoms. The van der Waals surface area contributed by atoms with Crippen LogP contribution in [0.5, 0.6) is 0 Å². The lowest BCUT2D eigenvalue weighted by Gasteiger charge is -2.03. The van der Waals surface area contributed by atoms with E-state index in [0.29, 0.717) is 17.4 Å². The lowest BCUT2D eigenvalue weighted by atomic mass is 10.2. The third kappa shape index (κ3) is 3.49. The monoisotopic (exact) mass is 255 g/mol. The number of hydrogen-bond acceptors (Lipinski definition) is 1. The van der Waals surface area contributed by atoms with Gasteiger partial charge in [0.05, 0.1) is 4.47 Å². The van der Waals surface area contributed by atoms with Crippen LogP contribution in [0.1, 0.15) is 12.0 Å². The average molecular weight is 256 g/mol. The molecule has 1 aromatic rings. The van der Waals surface area contributed by atoms with Gasteiger partial charge in [-0.05, 0) is 33.6 Å². The Kier molecular flexibility index (Phi) is 4.64. The van der Waals surface area contributed by atoms with Gasteiger partial charge in [-0.25, -0.2) is 4.39 Å². The van der Waals surface area contributed by atoms with Crippen molar-refractivity contribution >= 4 is 15.9 Å². The molecule has 14 heavy (non-hydrogen) atoms. The molecular formula is C11H11BrFN. The van der Waals surface area contributed by atoms with Crippen LogP contribution < -0.4 is 5.32 Å². The molecule has 0 aromatic heterocycles. The van der Waals surface area contributed by atoms with E-state index in [0.717, 1.165) is 12.1 Å². The van der Waals surface area contributed by atoms with Gasteiger partial charge in [-0.1, -0.05) is 6.07 Å². The maximum Gasteiger partial charge on any atom is 0.137 e. The Bertz CT molecular complexity index is 344. The second-order valence-corrected chi connectivity index (χ2v) is 3.73. The van der Waals surface area contributed by atoms with E-state index in [1.54, 1.807) is 12.1 Å².